The van der Waals surface area contributed by atoms with Gasteiger partial charge in [-0.2, -0.15) is 3.89 Å². The van der Waals surface area contributed by atoms with Crippen molar-refractivity contribution in [2.24, 2.45) is 0 Å². The minimum Gasteiger partial charge on any atom is -0.287 e. The summed E-state index contributed by atoms with van der Waals surface area (Å²) in [6.07, 6.45) is 0. The van der Waals surface area contributed by atoms with Gasteiger partial charge in [0.1, 0.15) is 0 Å². The molecule has 0 atom stereocenters. The van der Waals surface area contributed by atoms with E-state index in [9.17, 15) is 8.99 Å². The predicted molar refractivity (Wildman–Crippen MR) is 38.5 cm³/mol. The van der Waals surface area contributed by atoms with E-state index in [1.807, 2.05) is 0 Å². The molecule has 1 aromatic rings. The van der Waals surface area contributed by atoms with Crippen LogP contribution in [0.3, 0.4) is 0 Å². The van der Waals surface area contributed by atoms with Crippen LogP contribution >= 0.6 is 23.7 Å². The Morgan fingerprint density at radius 2 is 2.20 bits per heavy atom. The summed E-state index contributed by atoms with van der Waals surface area (Å²) in [5, 5.41) is 10.9. The lowest BCUT2D eigenvalue weighted by molar-refractivity contribution is 0.344. The van der Waals surface area contributed by atoms with Crippen LogP contribution in [0.1, 0.15) is 0 Å². The van der Waals surface area contributed by atoms with Gasteiger partial charge in [0.15, 0.2) is 0 Å². The van der Waals surface area contributed by atoms with Crippen molar-refractivity contribution >= 4 is 23.7 Å². The SMILES string of the molecule is [O]c1c(Cl)cccc1SF. The van der Waals surface area contributed by atoms with Crippen LogP contribution in [-0.2, 0) is 5.11 Å². The largest absolute Gasteiger partial charge is 0.287 e. The lowest BCUT2D eigenvalue weighted by Gasteiger charge is -1.94. The second-order valence-electron chi connectivity index (χ2n) is 1.64. The summed E-state index contributed by atoms with van der Waals surface area (Å²) < 4.78 is 11.8. The number of para-hydroxylation sites is 1. The van der Waals surface area contributed by atoms with E-state index in [4.69, 9.17) is 11.6 Å². The van der Waals surface area contributed by atoms with Gasteiger partial charge in [0.2, 0.25) is 5.75 Å². The van der Waals surface area contributed by atoms with Gasteiger partial charge < -0.3 is 0 Å². The van der Waals surface area contributed by atoms with E-state index in [1.165, 1.54) is 18.2 Å². The molecule has 1 aromatic carbocycles. The number of halogens is 2. The molecule has 0 bridgehead atoms. The number of hydrogen-bond donors (Lipinski definition) is 0. The van der Waals surface area contributed by atoms with Crippen molar-refractivity contribution in [2.45, 2.75) is 4.90 Å². The monoisotopic (exact) mass is 177 g/mol. The van der Waals surface area contributed by atoms with E-state index in [1.54, 1.807) is 0 Å². The molecule has 0 aliphatic heterocycles. The van der Waals surface area contributed by atoms with Crippen molar-refractivity contribution < 1.29 is 8.99 Å². The maximum atomic E-state index is 11.8. The molecule has 1 nitrogen and oxygen atoms in total. The van der Waals surface area contributed by atoms with Gasteiger partial charge in [-0.3, -0.25) is 5.11 Å². The molecule has 0 aromatic heterocycles. The molecule has 0 aliphatic rings. The topological polar surface area (TPSA) is 19.9 Å². The van der Waals surface area contributed by atoms with Crippen LogP contribution < -0.4 is 0 Å². The summed E-state index contributed by atoms with van der Waals surface area (Å²) >= 11 is 5.31. The van der Waals surface area contributed by atoms with Gasteiger partial charge in [0, 0.05) is 0 Å². The second-order valence-corrected chi connectivity index (χ2v) is 2.65. The zero-order valence-electron chi connectivity index (χ0n) is 4.80. The highest BCUT2D eigenvalue weighted by Crippen LogP contribution is 2.35. The Balaban J connectivity index is 3.14. The fraction of sp³-hybridized carbons (Fsp3) is 0. The van der Waals surface area contributed by atoms with Crippen LogP contribution in [0.2, 0.25) is 5.02 Å². The van der Waals surface area contributed by atoms with Crippen molar-refractivity contribution in [1.29, 1.82) is 0 Å². The van der Waals surface area contributed by atoms with Crippen LogP contribution in [0, 0.1) is 0 Å². The quantitative estimate of drug-likeness (QED) is 0.643. The Bertz CT molecular complexity index is 241. The lowest BCUT2D eigenvalue weighted by Crippen LogP contribution is -1.69. The average Bonchev–Trinajstić information content (AvgIpc) is 1.95. The molecule has 0 N–H and O–H groups in total. The van der Waals surface area contributed by atoms with Gasteiger partial charge in [0.05, 0.1) is 22.1 Å². The Hall–Kier alpha value is -0.410. The third-order valence-corrected chi connectivity index (χ3v) is 1.80. The fourth-order valence-electron chi connectivity index (χ4n) is 0.550. The summed E-state index contributed by atoms with van der Waals surface area (Å²) in [4.78, 5) is 0.0347. The molecule has 0 spiro atoms. The fourth-order valence-corrected chi connectivity index (χ4v) is 1.09. The number of rotatable bonds is 1. The van der Waals surface area contributed by atoms with Crippen LogP contribution in [0.25, 0.3) is 0 Å². The summed E-state index contributed by atoms with van der Waals surface area (Å²) in [5.74, 6) is -0.448. The summed E-state index contributed by atoms with van der Waals surface area (Å²) in [7, 11) is 0. The Labute approximate surface area is 67.1 Å². The first-order valence-corrected chi connectivity index (χ1v) is 3.59. The first-order valence-electron chi connectivity index (χ1n) is 2.50. The molecule has 0 aliphatic carbocycles. The van der Waals surface area contributed by atoms with Gasteiger partial charge in [-0.05, 0) is 12.1 Å². The molecule has 0 fully saturated rings. The van der Waals surface area contributed by atoms with Gasteiger partial charge in [-0.15, -0.1) is 0 Å². The normalized spacial score (nSPS) is 9.80. The Kier molecular flexibility index (Phi) is 2.40. The van der Waals surface area contributed by atoms with Crippen molar-refractivity contribution in [1.82, 2.24) is 0 Å². The second kappa shape index (κ2) is 3.12. The van der Waals surface area contributed by atoms with Crippen molar-refractivity contribution in [3.05, 3.63) is 23.2 Å². The molecule has 0 unspecified atom stereocenters. The summed E-state index contributed by atoms with van der Waals surface area (Å²) in [6, 6.07) is 4.36. The van der Waals surface area contributed by atoms with Crippen molar-refractivity contribution in [3.8, 4) is 5.75 Å². The molecule has 53 valence electrons. The molecular weight excluding hydrogens is 175 g/mol. The lowest BCUT2D eigenvalue weighted by atomic mass is 10.3. The van der Waals surface area contributed by atoms with E-state index >= 15 is 0 Å². The zero-order chi connectivity index (χ0) is 7.56. The summed E-state index contributed by atoms with van der Waals surface area (Å²) in [5.41, 5.74) is 0. The van der Waals surface area contributed by atoms with Gasteiger partial charge in [0.25, 0.3) is 0 Å². The molecule has 4 heteroatoms. The first-order chi connectivity index (χ1) is 4.75. The molecule has 0 saturated carbocycles. The van der Waals surface area contributed by atoms with Crippen molar-refractivity contribution in [2.75, 3.05) is 0 Å². The average molecular weight is 178 g/mol. The predicted octanol–water partition coefficient (Wildman–Crippen LogP) is 3.46. The third kappa shape index (κ3) is 1.36. The first kappa shape index (κ1) is 7.69. The van der Waals surface area contributed by atoms with Crippen LogP contribution in [0.15, 0.2) is 23.1 Å². The Morgan fingerprint density at radius 3 is 2.70 bits per heavy atom. The van der Waals surface area contributed by atoms with Gasteiger partial charge >= 0.3 is 0 Å². The highest BCUT2D eigenvalue weighted by Gasteiger charge is 2.06. The zero-order valence-corrected chi connectivity index (χ0v) is 6.38. The summed E-state index contributed by atoms with van der Waals surface area (Å²) in [6.45, 7) is 0. The van der Waals surface area contributed by atoms with E-state index in [2.05, 4.69) is 0 Å². The highest BCUT2D eigenvalue weighted by molar-refractivity contribution is 7.94. The van der Waals surface area contributed by atoms with E-state index < -0.39 is 5.75 Å². The maximum absolute atomic E-state index is 11.8. The van der Waals surface area contributed by atoms with Gasteiger partial charge in [-0.1, -0.05) is 17.7 Å². The molecule has 1 radical (unpaired) electrons. The standard InChI is InChI=1S/C6H3ClFOS/c7-4-2-1-3-5(10-8)6(4)9/h1-3H. The molecular formula is C6H3ClFOS. The smallest absolute Gasteiger partial charge is 0.213 e. The minimum atomic E-state index is -0.448. The molecule has 0 heterocycles. The van der Waals surface area contributed by atoms with Crippen LogP contribution in [0.5, 0.6) is 5.75 Å². The molecule has 0 saturated heterocycles. The Morgan fingerprint density at radius 1 is 1.50 bits per heavy atom. The molecule has 0 amide bonds. The van der Waals surface area contributed by atoms with Crippen LogP contribution in [-0.4, -0.2) is 0 Å². The van der Waals surface area contributed by atoms with Crippen LogP contribution in [0.4, 0.5) is 3.89 Å². The van der Waals surface area contributed by atoms with E-state index in [-0.39, 0.29) is 22.1 Å². The maximum Gasteiger partial charge on any atom is 0.213 e. The highest BCUT2D eigenvalue weighted by atomic mass is 35.5. The number of hydrogen-bond acceptors (Lipinski definition) is 1. The van der Waals surface area contributed by atoms with Crippen molar-refractivity contribution in [3.63, 3.8) is 0 Å². The molecule has 10 heavy (non-hydrogen) atoms. The number of benzene rings is 1. The third-order valence-electron chi connectivity index (χ3n) is 1.01. The van der Waals surface area contributed by atoms with E-state index in [0.29, 0.717) is 0 Å². The van der Waals surface area contributed by atoms with Gasteiger partial charge in [-0.25, -0.2) is 0 Å². The van der Waals surface area contributed by atoms with E-state index in [0.717, 1.165) is 0 Å². The molecule has 1 rings (SSSR count). The minimum absolute atomic E-state index is 0.0347.